The fourth-order valence-electron chi connectivity index (χ4n) is 0.570. The van der Waals surface area contributed by atoms with Gasteiger partial charge in [-0.1, -0.05) is 19.2 Å². The molecule has 10 heavy (non-hydrogen) atoms. The molecule has 0 aromatic carbocycles. The van der Waals surface area contributed by atoms with Crippen LogP contribution in [0.3, 0.4) is 0 Å². The molecule has 0 aliphatic heterocycles. The summed E-state index contributed by atoms with van der Waals surface area (Å²) in [6.45, 7) is 11.0. The molecule has 0 saturated carbocycles. The summed E-state index contributed by atoms with van der Waals surface area (Å²) in [5.74, 6) is 0. The molecular formula is C9H13N. The highest BCUT2D eigenvalue weighted by Gasteiger charge is 1.82. The van der Waals surface area contributed by atoms with Crippen LogP contribution in [0.5, 0.6) is 0 Å². The van der Waals surface area contributed by atoms with Gasteiger partial charge < -0.3 is 0 Å². The predicted molar refractivity (Wildman–Crippen MR) is 47.3 cm³/mol. The molecule has 0 saturated heterocycles. The van der Waals surface area contributed by atoms with Crippen molar-refractivity contribution in [3.05, 3.63) is 37.1 Å². The lowest BCUT2D eigenvalue weighted by Crippen LogP contribution is -1.83. The monoisotopic (exact) mass is 135 g/mol. The SMILES string of the molecule is C=CN=C(C)/C=C(/C)C=C. The summed E-state index contributed by atoms with van der Waals surface area (Å²) >= 11 is 0. The molecule has 0 aromatic heterocycles. The second-order valence-electron chi connectivity index (χ2n) is 2.05. The quantitative estimate of drug-likeness (QED) is 0.417. The van der Waals surface area contributed by atoms with E-state index < -0.39 is 0 Å². The minimum Gasteiger partial charge on any atom is -0.262 e. The Labute approximate surface area is 62.5 Å². The van der Waals surface area contributed by atoms with Crippen molar-refractivity contribution in [3.63, 3.8) is 0 Å². The van der Waals surface area contributed by atoms with Gasteiger partial charge in [0.25, 0.3) is 0 Å². The molecule has 1 nitrogen and oxygen atoms in total. The van der Waals surface area contributed by atoms with Gasteiger partial charge in [-0.3, -0.25) is 4.99 Å². The Bertz CT molecular complexity index is 185. The first-order valence-electron chi connectivity index (χ1n) is 3.16. The highest BCUT2D eigenvalue weighted by atomic mass is 14.7. The minimum atomic E-state index is 0.951. The molecule has 0 spiro atoms. The molecule has 1 heteroatoms. The maximum absolute atomic E-state index is 3.97. The third-order valence-electron chi connectivity index (χ3n) is 1.05. The fraction of sp³-hybridized carbons (Fsp3) is 0.222. The Balaban J connectivity index is 4.24. The molecule has 54 valence electrons. The zero-order valence-electron chi connectivity index (χ0n) is 6.59. The van der Waals surface area contributed by atoms with E-state index >= 15 is 0 Å². The molecule has 0 unspecified atom stereocenters. The largest absolute Gasteiger partial charge is 0.262 e. The molecule has 0 bridgehead atoms. The molecule has 0 radical (unpaired) electrons. The van der Waals surface area contributed by atoms with Gasteiger partial charge in [0.05, 0.1) is 0 Å². The average Bonchev–Trinajstić information content (AvgIpc) is 1.88. The van der Waals surface area contributed by atoms with Crippen LogP contribution in [0.4, 0.5) is 0 Å². The smallest absolute Gasteiger partial charge is 0.0375 e. The van der Waals surface area contributed by atoms with Crippen LogP contribution < -0.4 is 0 Å². The van der Waals surface area contributed by atoms with E-state index in [1.165, 1.54) is 6.20 Å². The summed E-state index contributed by atoms with van der Waals surface area (Å²) in [4.78, 5) is 3.97. The van der Waals surface area contributed by atoms with Gasteiger partial charge >= 0.3 is 0 Å². The van der Waals surface area contributed by atoms with Crippen LogP contribution in [-0.4, -0.2) is 5.71 Å². The lowest BCUT2D eigenvalue weighted by molar-refractivity contribution is 1.50. The van der Waals surface area contributed by atoms with Crippen molar-refractivity contribution < 1.29 is 0 Å². The summed E-state index contributed by atoms with van der Waals surface area (Å²) in [6.07, 6.45) is 5.28. The molecule has 0 amide bonds. The highest BCUT2D eigenvalue weighted by molar-refractivity contribution is 5.94. The molecule has 0 aliphatic rings. The highest BCUT2D eigenvalue weighted by Crippen LogP contribution is 1.93. The molecule has 0 heterocycles. The van der Waals surface area contributed by atoms with Gasteiger partial charge in [0.2, 0.25) is 0 Å². The molecular weight excluding hydrogens is 122 g/mol. The topological polar surface area (TPSA) is 12.4 Å². The van der Waals surface area contributed by atoms with Gasteiger partial charge in [-0.2, -0.15) is 0 Å². The van der Waals surface area contributed by atoms with Gasteiger partial charge in [0.15, 0.2) is 0 Å². The fourth-order valence-corrected chi connectivity index (χ4v) is 0.570. The second-order valence-corrected chi connectivity index (χ2v) is 2.05. The standard InChI is InChI=1S/C9H13N/c1-5-8(3)7-9(4)10-6-2/h5-7H,1-2H2,3-4H3/b8-7-,10-9?. The van der Waals surface area contributed by atoms with Crippen molar-refractivity contribution >= 4 is 5.71 Å². The Kier molecular flexibility index (Phi) is 4.21. The van der Waals surface area contributed by atoms with E-state index in [-0.39, 0.29) is 0 Å². The van der Waals surface area contributed by atoms with Crippen molar-refractivity contribution in [3.8, 4) is 0 Å². The first-order chi connectivity index (χ1) is 4.70. The van der Waals surface area contributed by atoms with E-state index in [4.69, 9.17) is 0 Å². The van der Waals surface area contributed by atoms with E-state index in [0.717, 1.165) is 11.3 Å². The van der Waals surface area contributed by atoms with Crippen LogP contribution in [0.25, 0.3) is 0 Å². The van der Waals surface area contributed by atoms with E-state index in [2.05, 4.69) is 18.2 Å². The molecule has 0 atom stereocenters. The minimum absolute atomic E-state index is 0.951. The van der Waals surface area contributed by atoms with E-state index in [0.29, 0.717) is 0 Å². The lowest BCUT2D eigenvalue weighted by atomic mass is 10.2. The van der Waals surface area contributed by atoms with Crippen LogP contribution in [0.1, 0.15) is 13.8 Å². The number of nitrogens with zero attached hydrogens (tertiary/aromatic N) is 1. The predicted octanol–water partition coefficient (Wildman–Crippen LogP) is 2.72. The Morgan fingerprint density at radius 1 is 1.30 bits per heavy atom. The maximum atomic E-state index is 3.97. The van der Waals surface area contributed by atoms with Crippen molar-refractivity contribution in [2.45, 2.75) is 13.8 Å². The third kappa shape index (κ3) is 3.84. The number of aliphatic imine (C=N–C) groups is 1. The van der Waals surface area contributed by atoms with Crippen molar-refractivity contribution in [2.75, 3.05) is 0 Å². The molecule has 0 aromatic rings. The van der Waals surface area contributed by atoms with E-state index in [9.17, 15) is 0 Å². The Morgan fingerprint density at radius 3 is 2.30 bits per heavy atom. The second kappa shape index (κ2) is 4.74. The Morgan fingerprint density at radius 2 is 1.90 bits per heavy atom. The Hall–Kier alpha value is -1.11. The molecule has 0 aliphatic carbocycles. The molecule has 0 fully saturated rings. The first kappa shape index (κ1) is 8.89. The van der Waals surface area contributed by atoms with E-state index in [1.54, 1.807) is 6.08 Å². The van der Waals surface area contributed by atoms with Gasteiger partial charge in [-0.25, -0.2) is 0 Å². The lowest BCUT2D eigenvalue weighted by Gasteiger charge is -1.89. The molecule has 0 rings (SSSR count). The number of rotatable bonds is 3. The third-order valence-corrected chi connectivity index (χ3v) is 1.05. The van der Waals surface area contributed by atoms with Gasteiger partial charge in [-0.05, 0) is 25.5 Å². The van der Waals surface area contributed by atoms with Crippen LogP contribution in [0.2, 0.25) is 0 Å². The maximum Gasteiger partial charge on any atom is 0.0375 e. The van der Waals surface area contributed by atoms with E-state index in [1.807, 2.05) is 19.9 Å². The summed E-state index contributed by atoms with van der Waals surface area (Å²) in [5.41, 5.74) is 2.07. The average molecular weight is 135 g/mol. The van der Waals surface area contributed by atoms with Gasteiger partial charge in [-0.15, -0.1) is 0 Å². The van der Waals surface area contributed by atoms with Crippen molar-refractivity contribution in [1.29, 1.82) is 0 Å². The number of hydrogen-bond acceptors (Lipinski definition) is 1. The van der Waals surface area contributed by atoms with Crippen molar-refractivity contribution in [1.82, 2.24) is 0 Å². The molecule has 0 N–H and O–H groups in total. The zero-order chi connectivity index (χ0) is 7.98. The number of hydrogen-bond donors (Lipinski definition) is 0. The summed E-state index contributed by atoms with van der Waals surface area (Å²) in [7, 11) is 0. The van der Waals surface area contributed by atoms with Crippen LogP contribution in [0.15, 0.2) is 42.1 Å². The van der Waals surface area contributed by atoms with Crippen LogP contribution in [0, 0.1) is 0 Å². The normalized spacial score (nSPS) is 13.0. The van der Waals surface area contributed by atoms with Gasteiger partial charge in [0, 0.05) is 11.9 Å². The summed E-state index contributed by atoms with van der Waals surface area (Å²) in [6, 6.07) is 0. The summed E-state index contributed by atoms with van der Waals surface area (Å²) in [5, 5.41) is 0. The van der Waals surface area contributed by atoms with Crippen LogP contribution >= 0.6 is 0 Å². The zero-order valence-corrected chi connectivity index (χ0v) is 6.59. The van der Waals surface area contributed by atoms with Crippen LogP contribution in [-0.2, 0) is 0 Å². The van der Waals surface area contributed by atoms with Crippen molar-refractivity contribution in [2.24, 2.45) is 4.99 Å². The van der Waals surface area contributed by atoms with Gasteiger partial charge in [0.1, 0.15) is 0 Å². The first-order valence-corrected chi connectivity index (χ1v) is 3.16. The number of allylic oxidation sites excluding steroid dienone is 3. The summed E-state index contributed by atoms with van der Waals surface area (Å²) < 4.78 is 0.